The van der Waals surface area contributed by atoms with Crippen LogP contribution in [0, 0.1) is 13.8 Å². The molecule has 1 saturated heterocycles. The number of amides is 1. The van der Waals surface area contributed by atoms with E-state index < -0.39 is 10.0 Å². The zero-order chi connectivity index (χ0) is 28.2. The van der Waals surface area contributed by atoms with Crippen LogP contribution in [0.15, 0.2) is 60.1 Å². The second kappa shape index (κ2) is 9.48. The maximum atomic E-state index is 13.1. The third kappa shape index (κ3) is 4.55. The lowest BCUT2D eigenvalue weighted by Gasteiger charge is -2.38. The predicted molar refractivity (Wildman–Crippen MR) is 145 cm³/mol. The molecule has 1 N–H and O–H groups in total. The Morgan fingerprint density at radius 1 is 1.05 bits per heavy atom. The SMILES string of the molecule is Cc1cccc(C)c1-c1cc(OC2CN(C(=O)c3cnn4ccn(C)c34)C2)nc(NS(=O)(=O)c2cnn(C)c2)n1. The summed E-state index contributed by atoms with van der Waals surface area (Å²) in [4.78, 5) is 23.6. The molecule has 1 amide bonds. The molecule has 4 aromatic heterocycles. The number of hydrogen-bond donors (Lipinski definition) is 1. The molecule has 1 fully saturated rings. The third-order valence-electron chi connectivity index (χ3n) is 6.84. The average Bonchev–Trinajstić information content (AvgIpc) is 3.59. The number of imidazole rings is 1. The number of fused-ring (bicyclic) bond motifs is 1. The van der Waals surface area contributed by atoms with Crippen molar-refractivity contribution >= 4 is 27.5 Å². The second-order valence-corrected chi connectivity index (χ2v) is 11.5. The van der Waals surface area contributed by atoms with E-state index in [4.69, 9.17) is 4.74 Å². The molecule has 14 heteroatoms. The summed E-state index contributed by atoms with van der Waals surface area (Å²) in [5.41, 5.74) is 4.54. The molecule has 1 aliphatic rings. The Bertz CT molecular complexity index is 1850. The molecular weight excluding hydrogens is 534 g/mol. The lowest BCUT2D eigenvalue weighted by Crippen LogP contribution is -2.56. The van der Waals surface area contributed by atoms with E-state index in [2.05, 4.69) is 24.9 Å². The molecule has 6 rings (SSSR count). The standard InChI is InChI=1S/C26H27N9O4S/c1-16-6-5-7-17(2)23(16)21-10-22(30-26(29-21)31-40(37,38)19-11-27-33(4)15-19)39-18-13-34(14-18)25(36)20-12-28-35-9-8-32(3)24(20)35/h5-12,15,18H,13-14H2,1-4H3,(H,29,30,31). The lowest BCUT2D eigenvalue weighted by atomic mass is 10.00. The molecule has 0 bridgehead atoms. The highest BCUT2D eigenvalue weighted by Crippen LogP contribution is 2.30. The number of rotatable bonds is 7. The number of ether oxygens (including phenoxy) is 1. The molecule has 0 radical (unpaired) electrons. The first kappa shape index (κ1) is 25.6. The van der Waals surface area contributed by atoms with Gasteiger partial charge >= 0.3 is 0 Å². The van der Waals surface area contributed by atoms with Crippen LogP contribution in [0.25, 0.3) is 16.9 Å². The number of hydrogen-bond acceptors (Lipinski definition) is 8. The quantitative estimate of drug-likeness (QED) is 0.319. The van der Waals surface area contributed by atoms with Crippen LogP contribution < -0.4 is 9.46 Å². The van der Waals surface area contributed by atoms with Crippen LogP contribution in [0.3, 0.4) is 0 Å². The summed E-state index contributed by atoms with van der Waals surface area (Å²) in [5.74, 6) is -0.0678. The van der Waals surface area contributed by atoms with Crippen LogP contribution in [0.2, 0.25) is 0 Å². The van der Waals surface area contributed by atoms with Gasteiger partial charge in [0.25, 0.3) is 15.9 Å². The van der Waals surface area contributed by atoms with E-state index in [1.165, 1.54) is 17.1 Å². The van der Waals surface area contributed by atoms with Gasteiger partial charge in [0.2, 0.25) is 11.8 Å². The Hall–Kier alpha value is -4.72. The highest BCUT2D eigenvalue weighted by Gasteiger charge is 2.35. The Kier molecular flexibility index (Phi) is 6.06. The summed E-state index contributed by atoms with van der Waals surface area (Å²) >= 11 is 0. The minimum Gasteiger partial charge on any atom is -0.470 e. The second-order valence-electron chi connectivity index (χ2n) is 9.82. The Morgan fingerprint density at radius 3 is 2.50 bits per heavy atom. The first-order valence-electron chi connectivity index (χ1n) is 12.5. The number of sulfonamides is 1. The molecule has 1 aromatic carbocycles. The molecule has 0 spiro atoms. The van der Waals surface area contributed by atoms with Crippen LogP contribution >= 0.6 is 0 Å². The first-order chi connectivity index (χ1) is 19.1. The number of nitrogens with zero attached hydrogens (tertiary/aromatic N) is 8. The normalized spacial score (nSPS) is 13.9. The average molecular weight is 562 g/mol. The van der Waals surface area contributed by atoms with E-state index in [-0.39, 0.29) is 28.7 Å². The van der Waals surface area contributed by atoms with Gasteiger partial charge in [0, 0.05) is 44.3 Å². The molecule has 0 saturated carbocycles. The highest BCUT2D eigenvalue weighted by atomic mass is 32.2. The fourth-order valence-corrected chi connectivity index (χ4v) is 5.74. The van der Waals surface area contributed by atoms with Crippen molar-refractivity contribution in [2.75, 3.05) is 17.8 Å². The minimum atomic E-state index is -3.99. The number of likely N-dealkylation sites (tertiary alicyclic amines) is 1. The third-order valence-corrected chi connectivity index (χ3v) is 8.13. The van der Waals surface area contributed by atoms with Crippen molar-refractivity contribution in [3.63, 3.8) is 0 Å². The summed E-state index contributed by atoms with van der Waals surface area (Å²) in [7, 11) is -0.497. The predicted octanol–water partition coefficient (Wildman–Crippen LogP) is 2.18. The van der Waals surface area contributed by atoms with Gasteiger partial charge in [-0.05, 0) is 25.0 Å². The monoisotopic (exact) mass is 561 g/mol. The maximum Gasteiger partial charge on any atom is 0.267 e. The number of benzene rings is 1. The molecule has 206 valence electrons. The number of anilines is 1. The van der Waals surface area contributed by atoms with Crippen LogP contribution in [0.1, 0.15) is 21.5 Å². The van der Waals surface area contributed by atoms with Crippen molar-refractivity contribution in [2.45, 2.75) is 24.8 Å². The molecule has 0 unspecified atom stereocenters. The summed E-state index contributed by atoms with van der Waals surface area (Å²) in [5, 5.41) is 8.18. The largest absolute Gasteiger partial charge is 0.470 e. The summed E-state index contributed by atoms with van der Waals surface area (Å²) in [6.45, 7) is 4.61. The lowest BCUT2D eigenvalue weighted by molar-refractivity contribution is 0.0161. The Morgan fingerprint density at radius 2 is 1.80 bits per heavy atom. The highest BCUT2D eigenvalue weighted by molar-refractivity contribution is 7.92. The number of carbonyl (C=O) groups excluding carboxylic acids is 1. The van der Waals surface area contributed by atoms with Crippen molar-refractivity contribution in [2.24, 2.45) is 14.1 Å². The molecule has 13 nitrogen and oxygen atoms in total. The van der Waals surface area contributed by atoms with Crippen molar-refractivity contribution < 1.29 is 17.9 Å². The summed E-state index contributed by atoms with van der Waals surface area (Å²) in [6.07, 6.45) is 7.50. The first-order valence-corrected chi connectivity index (χ1v) is 14.0. The Labute approximate surface area is 230 Å². The number of nitrogens with one attached hydrogen (secondary N) is 1. The van der Waals surface area contributed by atoms with E-state index in [9.17, 15) is 13.2 Å². The fraction of sp³-hybridized carbons (Fsp3) is 0.269. The van der Waals surface area contributed by atoms with Crippen molar-refractivity contribution in [3.05, 3.63) is 71.9 Å². The van der Waals surface area contributed by atoms with Gasteiger partial charge in [-0.2, -0.15) is 15.2 Å². The fourth-order valence-electron chi connectivity index (χ4n) is 4.81. The van der Waals surface area contributed by atoms with Crippen molar-refractivity contribution in [3.8, 4) is 17.1 Å². The van der Waals surface area contributed by atoms with Crippen LogP contribution in [-0.4, -0.2) is 72.3 Å². The molecule has 1 aliphatic heterocycles. The van der Waals surface area contributed by atoms with Gasteiger partial charge in [-0.3, -0.25) is 9.48 Å². The minimum absolute atomic E-state index is 0.0146. The topological polar surface area (TPSA) is 142 Å². The maximum absolute atomic E-state index is 13.1. The van der Waals surface area contributed by atoms with Crippen LogP contribution in [0.5, 0.6) is 5.88 Å². The van der Waals surface area contributed by atoms with E-state index in [1.54, 1.807) is 34.9 Å². The van der Waals surface area contributed by atoms with E-state index >= 15 is 0 Å². The van der Waals surface area contributed by atoms with E-state index in [0.29, 0.717) is 30.0 Å². The molecule has 0 aliphatic carbocycles. The van der Waals surface area contributed by atoms with E-state index in [1.807, 2.05) is 49.9 Å². The van der Waals surface area contributed by atoms with Crippen LogP contribution in [-0.2, 0) is 24.1 Å². The molecular formula is C26H27N9O4S. The van der Waals surface area contributed by atoms with Gasteiger partial charge in [0.1, 0.15) is 22.2 Å². The van der Waals surface area contributed by atoms with Gasteiger partial charge < -0.3 is 14.2 Å². The Balaban J connectivity index is 1.26. The molecule has 0 atom stereocenters. The van der Waals surface area contributed by atoms with Gasteiger partial charge in [0.15, 0.2) is 0 Å². The molecule has 5 heterocycles. The smallest absolute Gasteiger partial charge is 0.267 e. The zero-order valence-corrected chi connectivity index (χ0v) is 23.1. The zero-order valence-electron chi connectivity index (χ0n) is 22.3. The van der Waals surface area contributed by atoms with Gasteiger partial charge in [-0.25, -0.2) is 22.6 Å². The van der Waals surface area contributed by atoms with E-state index in [0.717, 1.165) is 16.7 Å². The molecule has 5 aromatic rings. The van der Waals surface area contributed by atoms with Crippen molar-refractivity contribution in [1.82, 2.24) is 38.8 Å². The summed E-state index contributed by atoms with van der Waals surface area (Å²) in [6, 6.07) is 7.55. The number of aryl methyl sites for hydroxylation is 4. The van der Waals surface area contributed by atoms with Crippen LogP contribution in [0.4, 0.5) is 5.95 Å². The van der Waals surface area contributed by atoms with Gasteiger partial charge in [-0.15, -0.1) is 0 Å². The molecule has 40 heavy (non-hydrogen) atoms. The van der Waals surface area contributed by atoms with Gasteiger partial charge in [-0.1, -0.05) is 18.2 Å². The van der Waals surface area contributed by atoms with Gasteiger partial charge in [0.05, 0.1) is 31.2 Å². The number of aromatic nitrogens is 7. The van der Waals surface area contributed by atoms with Crippen molar-refractivity contribution in [1.29, 1.82) is 0 Å². The summed E-state index contributed by atoms with van der Waals surface area (Å²) < 4.78 is 39.5. The number of carbonyl (C=O) groups is 1.